The van der Waals surface area contributed by atoms with Crippen LogP contribution < -0.4 is 0 Å². The van der Waals surface area contributed by atoms with E-state index < -0.39 is 17.7 Å². The zero-order chi connectivity index (χ0) is 12.6. The second-order valence-corrected chi connectivity index (χ2v) is 5.53. The van der Waals surface area contributed by atoms with Crippen molar-refractivity contribution >= 4 is 23.9 Å². The van der Waals surface area contributed by atoms with Crippen molar-refractivity contribution in [3.05, 3.63) is 0 Å². The van der Waals surface area contributed by atoms with Crippen molar-refractivity contribution in [2.45, 2.75) is 24.4 Å². The number of nitrogens with zero attached hydrogens (tertiary/aromatic N) is 2. The molecule has 0 unspecified atom stereocenters. The smallest absolute Gasteiger partial charge is 0.408 e. The molecule has 17 heavy (non-hydrogen) atoms. The molecule has 2 aliphatic heterocycles. The molecule has 0 radical (unpaired) electrons. The molecule has 2 heterocycles. The minimum atomic E-state index is -0.951. The van der Waals surface area contributed by atoms with Gasteiger partial charge in [0, 0.05) is 18.8 Å². The first-order valence-electron chi connectivity index (χ1n) is 5.49. The van der Waals surface area contributed by atoms with Crippen molar-refractivity contribution in [3.8, 4) is 0 Å². The molecule has 0 aromatic rings. The Bertz CT molecular complexity index is 347. The fourth-order valence-corrected chi connectivity index (χ4v) is 3.95. The van der Waals surface area contributed by atoms with Gasteiger partial charge in [-0.15, -0.1) is 0 Å². The Kier molecular flexibility index (Phi) is 3.11. The third-order valence-electron chi connectivity index (χ3n) is 3.63. The highest BCUT2D eigenvalue weighted by molar-refractivity contribution is 7.98. The fourth-order valence-electron chi connectivity index (χ4n) is 3.04. The van der Waals surface area contributed by atoms with Gasteiger partial charge < -0.3 is 15.1 Å². The summed E-state index contributed by atoms with van der Waals surface area (Å²) in [6, 6.07) is -0.176. The molecular formula is C10H16N2O4S. The molecule has 7 heteroatoms. The van der Waals surface area contributed by atoms with Crippen LogP contribution in [0.3, 0.4) is 0 Å². The summed E-state index contributed by atoms with van der Waals surface area (Å²) in [4.78, 5) is 25.2. The third kappa shape index (κ3) is 1.92. The van der Waals surface area contributed by atoms with Crippen LogP contribution in [0.25, 0.3) is 0 Å². The van der Waals surface area contributed by atoms with Gasteiger partial charge in [0.05, 0.1) is 11.6 Å². The number of piperazine rings is 1. The summed E-state index contributed by atoms with van der Waals surface area (Å²) in [5.74, 6) is 0.652. The molecular weight excluding hydrogens is 244 g/mol. The molecule has 0 spiro atoms. The predicted octanol–water partition coefficient (Wildman–Crippen LogP) is 1.22. The van der Waals surface area contributed by atoms with Crippen LogP contribution in [0.15, 0.2) is 0 Å². The molecule has 2 amide bonds. The Balaban J connectivity index is 2.28. The lowest BCUT2D eigenvalue weighted by atomic mass is 9.98. The topological polar surface area (TPSA) is 81.1 Å². The van der Waals surface area contributed by atoms with E-state index in [0.29, 0.717) is 18.8 Å². The number of hydrogen-bond acceptors (Lipinski definition) is 3. The molecule has 0 aromatic carbocycles. The Morgan fingerprint density at radius 2 is 2.12 bits per heavy atom. The molecule has 0 aromatic heterocycles. The summed E-state index contributed by atoms with van der Waals surface area (Å²) in [6.07, 6.45) is 1.56. The molecule has 6 nitrogen and oxygen atoms in total. The van der Waals surface area contributed by atoms with Gasteiger partial charge in [-0.1, -0.05) is 0 Å². The second kappa shape index (κ2) is 4.29. The molecule has 2 fully saturated rings. The van der Waals surface area contributed by atoms with Crippen LogP contribution in [0.2, 0.25) is 0 Å². The Morgan fingerprint density at radius 3 is 2.65 bits per heavy atom. The van der Waals surface area contributed by atoms with Crippen LogP contribution in [0, 0.1) is 0 Å². The quantitative estimate of drug-likeness (QED) is 0.780. The average Bonchev–Trinajstić information content (AvgIpc) is 2.47. The van der Waals surface area contributed by atoms with Crippen molar-refractivity contribution in [2.75, 3.05) is 25.1 Å². The molecule has 2 bridgehead atoms. The fraction of sp³-hybridized carbons (Fsp3) is 0.800. The lowest BCUT2D eigenvalue weighted by Gasteiger charge is -2.46. The van der Waals surface area contributed by atoms with Crippen molar-refractivity contribution in [3.63, 3.8) is 0 Å². The number of fused-ring (bicyclic) bond motifs is 2. The van der Waals surface area contributed by atoms with Gasteiger partial charge in [-0.25, -0.2) is 9.59 Å². The number of hydrogen-bond donors (Lipinski definition) is 2. The maximum absolute atomic E-state index is 11.3. The van der Waals surface area contributed by atoms with Crippen molar-refractivity contribution in [1.29, 1.82) is 0 Å². The lowest BCUT2D eigenvalue weighted by molar-refractivity contribution is 0.0232. The average molecular weight is 260 g/mol. The van der Waals surface area contributed by atoms with E-state index in [1.54, 1.807) is 11.8 Å². The third-order valence-corrected chi connectivity index (χ3v) is 4.45. The standard InChI is InChI=1S/C10H16N2O4S/c1-17-6-10-3-2-7(12(10)9(15)16)4-11(5-10)8(13)14/h7H,2-6H2,1H3,(H,13,14)(H,15,16)/t7-,10+/m0/s1. The largest absolute Gasteiger partial charge is 0.465 e. The molecule has 2 atom stereocenters. The van der Waals surface area contributed by atoms with Crippen molar-refractivity contribution in [2.24, 2.45) is 0 Å². The number of thioether (sulfide) groups is 1. The zero-order valence-corrected chi connectivity index (χ0v) is 10.4. The summed E-state index contributed by atoms with van der Waals surface area (Å²) < 4.78 is 0. The van der Waals surface area contributed by atoms with Gasteiger partial charge in [-0.2, -0.15) is 11.8 Å². The SMILES string of the molecule is CSC[C@@]12CC[C@@H](CN(C(=O)O)C1)N2C(=O)O. The molecule has 0 aliphatic carbocycles. The van der Waals surface area contributed by atoms with Gasteiger partial charge in [0.15, 0.2) is 0 Å². The highest BCUT2D eigenvalue weighted by atomic mass is 32.2. The highest BCUT2D eigenvalue weighted by Gasteiger charge is 2.54. The maximum atomic E-state index is 11.3. The Labute approximate surface area is 104 Å². The minimum Gasteiger partial charge on any atom is -0.465 e. The maximum Gasteiger partial charge on any atom is 0.408 e. The van der Waals surface area contributed by atoms with E-state index in [1.165, 1.54) is 9.80 Å². The van der Waals surface area contributed by atoms with Gasteiger partial charge in [-0.05, 0) is 19.1 Å². The molecule has 2 N–H and O–H groups in total. The summed E-state index contributed by atoms with van der Waals surface area (Å²) in [7, 11) is 0. The van der Waals surface area contributed by atoms with E-state index in [1.807, 2.05) is 6.26 Å². The van der Waals surface area contributed by atoms with Gasteiger partial charge in [0.2, 0.25) is 0 Å². The second-order valence-electron chi connectivity index (χ2n) is 4.67. The van der Waals surface area contributed by atoms with Gasteiger partial charge in [-0.3, -0.25) is 4.90 Å². The van der Waals surface area contributed by atoms with Crippen LogP contribution in [0.4, 0.5) is 9.59 Å². The Hall–Kier alpha value is -1.11. The highest BCUT2D eigenvalue weighted by Crippen LogP contribution is 2.40. The summed E-state index contributed by atoms with van der Waals surface area (Å²) in [6.45, 7) is 0.601. The van der Waals surface area contributed by atoms with E-state index in [2.05, 4.69) is 0 Å². The van der Waals surface area contributed by atoms with Crippen molar-refractivity contribution in [1.82, 2.24) is 9.80 Å². The van der Waals surface area contributed by atoms with Gasteiger partial charge in [0.1, 0.15) is 0 Å². The van der Waals surface area contributed by atoms with Crippen LogP contribution in [0.1, 0.15) is 12.8 Å². The lowest BCUT2D eigenvalue weighted by Crippen LogP contribution is -2.65. The van der Waals surface area contributed by atoms with Gasteiger partial charge >= 0.3 is 12.2 Å². The van der Waals surface area contributed by atoms with Crippen LogP contribution in [-0.2, 0) is 0 Å². The van der Waals surface area contributed by atoms with Crippen LogP contribution >= 0.6 is 11.8 Å². The first kappa shape index (κ1) is 12.3. The normalized spacial score (nSPS) is 31.7. The number of carboxylic acid groups (broad SMARTS) is 2. The van der Waals surface area contributed by atoms with E-state index in [0.717, 1.165) is 12.8 Å². The molecule has 96 valence electrons. The number of likely N-dealkylation sites (tertiary alicyclic amines) is 1. The van der Waals surface area contributed by atoms with Crippen LogP contribution in [-0.4, -0.2) is 68.9 Å². The van der Waals surface area contributed by atoms with E-state index in [-0.39, 0.29) is 6.04 Å². The summed E-state index contributed by atoms with van der Waals surface area (Å²) in [5.41, 5.74) is -0.521. The Morgan fingerprint density at radius 1 is 1.41 bits per heavy atom. The van der Waals surface area contributed by atoms with E-state index in [4.69, 9.17) is 5.11 Å². The predicted molar refractivity (Wildman–Crippen MR) is 63.6 cm³/mol. The first-order chi connectivity index (χ1) is 8.00. The summed E-state index contributed by atoms with van der Waals surface area (Å²) >= 11 is 1.57. The summed E-state index contributed by atoms with van der Waals surface area (Å²) in [5, 5.41) is 18.3. The van der Waals surface area contributed by atoms with E-state index in [9.17, 15) is 14.7 Å². The molecule has 0 saturated carbocycles. The number of carbonyl (C=O) groups is 2. The van der Waals surface area contributed by atoms with Crippen LogP contribution in [0.5, 0.6) is 0 Å². The molecule has 2 aliphatic rings. The zero-order valence-electron chi connectivity index (χ0n) is 9.63. The minimum absolute atomic E-state index is 0.176. The van der Waals surface area contributed by atoms with E-state index >= 15 is 0 Å². The molecule has 2 rings (SSSR count). The van der Waals surface area contributed by atoms with Crippen molar-refractivity contribution < 1.29 is 19.8 Å². The first-order valence-corrected chi connectivity index (χ1v) is 6.88. The number of rotatable bonds is 2. The van der Waals surface area contributed by atoms with Gasteiger partial charge in [0.25, 0.3) is 0 Å². The monoisotopic (exact) mass is 260 g/mol. The molecule has 2 saturated heterocycles. The number of amides is 2.